The van der Waals surface area contributed by atoms with Crippen LogP contribution in [0.3, 0.4) is 0 Å². The second kappa shape index (κ2) is 9.78. The molecule has 0 unspecified atom stereocenters. The zero-order valence-electron chi connectivity index (χ0n) is 14.3. The Morgan fingerprint density at radius 2 is 1.58 bits per heavy atom. The lowest BCUT2D eigenvalue weighted by Gasteiger charge is -2.09. The first-order chi connectivity index (χ1) is 12.6. The van der Waals surface area contributed by atoms with E-state index in [1.165, 1.54) is 0 Å². The van der Waals surface area contributed by atoms with Gasteiger partial charge in [-0.3, -0.25) is 4.79 Å². The molecule has 6 nitrogen and oxygen atoms in total. The minimum Gasteiger partial charge on any atom is -0.461 e. The molecule has 0 bridgehead atoms. The molecule has 0 aliphatic heterocycles. The third-order valence-electron chi connectivity index (χ3n) is 3.27. The van der Waals surface area contributed by atoms with Crippen LogP contribution in [0, 0.1) is 0 Å². The van der Waals surface area contributed by atoms with Crippen LogP contribution in [0.5, 0.6) is 0 Å². The highest BCUT2D eigenvalue weighted by molar-refractivity contribution is 5.95. The van der Waals surface area contributed by atoms with Crippen LogP contribution in [0.4, 0.5) is 0 Å². The molecule has 0 fully saturated rings. The summed E-state index contributed by atoms with van der Waals surface area (Å²) < 4.78 is 9.87. The van der Waals surface area contributed by atoms with Gasteiger partial charge in [0.05, 0.1) is 18.6 Å². The maximum absolute atomic E-state index is 12.1. The van der Waals surface area contributed by atoms with Crippen molar-refractivity contribution in [3.05, 3.63) is 83.7 Å². The van der Waals surface area contributed by atoms with E-state index in [1.54, 1.807) is 49.4 Å². The smallest absolute Gasteiger partial charge is 0.358 e. The largest absolute Gasteiger partial charge is 0.461 e. The number of amides is 1. The monoisotopic (exact) mass is 353 g/mol. The molecule has 2 rings (SSSR count). The van der Waals surface area contributed by atoms with Crippen LogP contribution >= 0.6 is 0 Å². The lowest BCUT2D eigenvalue weighted by atomic mass is 10.1. The topological polar surface area (TPSA) is 81.7 Å². The minimum atomic E-state index is -0.783. The SMILES string of the molecule is CCOC(=O)C(=COC(=O)c1ccccc1)NC(=O)Cc1ccccc1. The van der Waals surface area contributed by atoms with Crippen LogP contribution in [0.1, 0.15) is 22.8 Å². The van der Waals surface area contributed by atoms with Crippen molar-refractivity contribution in [3.63, 3.8) is 0 Å². The molecule has 26 heavy (non-hydrogen) atoms. The van der Waals surface area contributed by atoms with Gasteiger partial charge in [0.25, 0.3) is 0 Å². The Labute approximate surface area is 151 Å². The second-order valence-electron chi connectivity index (χ2n) is 5.23. The predicted molar refractivity (Wildman–Crippen MR) is 94.9 cm³/mol. The highest BCUT2D eigenvalue weighted by Crippen LogP contribution is 2.05. The highest BCUT2D eigenvalue weighted by atomic mass is 16.5. The average Bonchev–Trinajstić information content (AvgIpc) is 2.66. The number of rotatable bonds is 7. The molecule has 0 spiro atoms. The van der Waals surface area contributed by atoms with Gasteiger partial charge in [-0.05, 0) is 24.6 Å². The Morgan fingerprint density at radius 1 is 0.962 bits per heavy atom. The fourth-order valence-electron chi connectivity index (χ4n) is 2.07. The lowest BCUT2D eigenvalue weighted by Crippen LogP contribution is -2.30. The first-order valence-corrected chi connectivity index (χ1v) is 8.07. The summed E-state index contributed by atoms with van der Waals surface area (Å²) in [4.78, 5) is 36.1. The normalized spacial score (nSPS) is 10.7. The summed E-state index contributed by atoms with van der Waals surface area (Å²) in [6, 6.07) is 17.4. The molecule has 6 heteroatoms. The van der Waals surface area contributed by atoms with E-state index in [0.717, 1.165) is 11.8 Å². The van der Waals surface area contributed by atoms with Crippen LogP contribution < -0.4 is 5.32 Å². The fraction of sp³-hybridized carbons (Fsp3) is 0.150. The number of carbonyl (C=O) groups is 3. The van der Waals surface area contributed by atoms with Crippen molar-refractivity contribution in [1.82, 2.24) is 5.32 Å². The van der Waals surface area contributed by atoms with E-state index in [-0.39, 0.29) is 18.7 Å². The summed E-state index contributed by atoms with van der Waals surface area (Å²) in [6.45, 7) is 1.76. The zero-order valence-corrected chi connectivity index (χ0v) is 14.3. The Balaban J connectivity index is 2.06. The van der Waals surface area contributed by atoms with Gasteiger partial charge < -0.3 is 14.8 Å². The number of hydrogen-bond acceptors (Lipinski definition) is 5. The molecule has 0 heterocycles. The van der Waals surface area contributed by atoms with Gasteiger partial charge in [-0.1, -0.05) is 48.5 Å². The van der Waals surface area contributed by atoms with Crippen LogP contribution in [0.2, 0.25) is 0 Å². The fourth-order valence-corrected chi connectivity index (χ4v) is 2.07. The lowest BCUT2D eigenvalue weighted by molar-refractivity contribution is -0.140. The van der Waals surface area contributed by atoms with Crippen LogP contribution in [-0.4, -0.2) is 24.5 Å². The summed E-state index contributed by atoms with van der Waals surface area (Å²) in [6.07, 6.45) is 0.973. The van der Waals surface area contributed by atoms with Gasteiger partial charge in [0.1, 0.15) is 6.26 Å². The molecular weight excluding hydrogens is 334 g/mol. The molecular formula is C20H19NO5. The summed E-state index contributed by atoms with van der Waals surface area (Å²) >= 11 is 0. The van der Waals surface area contributed by atoms with E-state index < -0.39 is 17.8 Å². The van der Waals surface area contributed by atoms with Crippen LogP contribution in [0.25, 0.3) is 0 Å². The third kappa shape index (κ3) is 5.90. The van der Waals surface area contributed by atoms with Crippen molar-refractivity contribution in [2.24, 2.45) is 0 Å². The van der Waals surface area contributed by atoms with Gasteiger partial charge in [0.2, 0.25) is 5.91 Å². The molecule has 0 aliphatic carbocycles. The maximum atomic E-state index is 12.1. The zero-order chi connectivity index (χ0) is 18.8. The van der Waals surface area contributed by atoms with Gasteiger partial charge in [-0.25, -0.2) is 9.59 Å². The van der Waals surface area contributed by atoms with E-state index in [9.17, 15) is 14.4 Å². The highest BCUT2D eigenvalue weighted by Gasteiger charge is 2.16. The first kappa shape index (κ1) is 18.9. The van der Waals surface area contributed by atoms with Gasteiger partial charge >= 0.3 is 11.9 Å². The maximum Gasteiger partial charge on any atom is 0.358 e. The third-order valence-corrected chi connectivity index (χ3v) is 3.27. The summed E-state index contributed by atoms with van der Waals surface area (Å²) in [7, 11) is 0. The Bertz CT molecular complexity index is 784. The number of hydrogen-bond donors (Lipinski definition) is 1. The van der Waals surface area contributed by atoms with Gasteiger partial charge in [0.15, 0.2) is 5.70 Å². The molecule has 0 radical (unpaired) electrons. The average molecular weight is 353 g/mol. The van der Waals surface area contributed by atoms with Crippen LogP contribution in [-0.2, 0) is 25.5 Å². The summed E-state index contributed by atoms with van der Waals surface area (Å²) in [5.74, 6) is -1.86. The van der Waals surface area contributed by atoms with E-state index in [2.05, 4.69) is 5.32 Å². The summed E-state index contributed by atoms with van der Waals surface area (Å²) in [5.41, 5.74) is 0.870. The van der Waals surface area contributed by atoms with E-state index in [1.807, 2.05) is 18.2 Å². The predicted octanol–water partition coefficient (Wildman–Crippen LogP) is 2.61. The number of ether oxygens (including phenoxy) is 2. The van der Waals surface area contributed by atoms with Crippen molar-refractivity contribution in [3.8, 4) is 0 Å². The molecule has 1 N–H and O–H groups in total. The molecule has 1 amide bonds. The quantitative estimate of drug-likeness (QED) is 0.470. The number of carbonyl (C=O) groups excluding carboxylic acids is 3. The van der Waals surface area contributed by atoms with E-state index in [4.69, 9.17) is 9.47 Å². The molecule has 0 atom stereocenters. The Morgan fingerprint density at radius 3 is 2.19 bits per heavy atom. The Kier molecular flexibility index (Phi) is 7.12. The van der Waals surface area contributed by atoms with Gasteiger partial charge in [-0.15, -0.1) is 0 Å². The van der Waals surface area contributed by atoms with E-state index in [0.29, 0.717) is 5.56 Å². The second-order valence-corrected chi connectivity index (χ2v) is 5.23. The summed E-state index contributed by atoms with van der Waals surface area (Å²) in [5, 5.41) is 2.43. The van der Waals surface area contributed by atoms with E-state index >= 15 is 0 Å². The molecule has 0 saturated carbocycles. The van der Waals surface area contributed by atoms with Crippen molar-refractivity contribution >= 4 is 17.8 Å². The minimum absolute atomic E-state index is 0.0736. The van der Waals surface area contributed by atoms with Crippen molar-refractivity contribution in [2.45, 2.75) is 13.3 Å². The molecule has 2 aromatic carbocycles. The van der Waals surface area contributed by atoms with Gasteiger partial charge in [-0.2, -0.15) is 0 Å². The van der Waals surface area contributed by atoms with Crippen molar-refractivity contribution in [2.75, 3.05) is 6.61 Å². The molecule has 0 aromatic heterocycles. The Hall–Kier alpha value is -3.41. The van der Waals surface area contributed by atoms with Gasteiger partial charge in [0, 0.05) is 0 Å². The van der Waals surface area contributed by atoms with Crippen molar-refractivity contribution < 1.29 is 23.9 Å². The number of benzene rings is 2. The first-order valence-electron chi connectivity index (χ1n) is 8.07. The molecule has 2 aromatic rings. The molecule has 134 valence electrons. The standard InChI is InChI=1S/C20H19NO5/c1-2-25-20(24)17(14-26-19(23)16-11-7-4-8-12-16)21-18(22)13-15-9-5-3-6-10-15/h3-12,14H,2,13H2,1H3,(H,21,22). The molecule has 0 saturated heterocycles. The molecule has 0 aliphatic rings. The van der Waals surface area contributed by atoms with Crippen LogP contribution in [0.15, 0.2) is 72.6 Å². The number of nitrogens with one attached hydrogen (secondary N) is 1. The van der Waals surface area contributed by atoms with Crippen molar-refractivity contribution in [1.29, 1.82) is 0 Å². The number of esters is 2.